The zero-order valence-corrected chi connectivity index (χ0v) is 16.0. The van der Waals surface area contributed by atoms with Gasteiger partial charge in [-0.2, -0.15) is 5.10 Å². The van der Waals surface area contributed by atoms with Crippen LogP contribution in [0.1, 0.15) is 30.0 Å². The first-order chi connectivity index (χ1) is 13.1. The van der Waals surface area contributed by atoms with Crippen LogP contribution in [-0.4, -0.2) is 38.7 Å². The van der Waals surface area contributed by atoms with Gasteiger partial charge in [0.2, 0.25) is 0 Å². The van der Waals surface area contributed by atoms with Crippen molar-refractivity contribution in [1.82, 2.24) is 19.5 Å². The SMILES string of the molecule is O=C(OCc1ccccc1)N1CCC(c2cc3nc(Cl)cc(Cl)n3n2)CC1. The highest BCUT2D eigenvalue weighted by Gasteiger charge is 2.26. The Morgan fingerprint density at radius 3 is 2.63 bits per heavy atom. The number of hydrogen-bond donors (Lipinski definition) is 0. The van der Waals surface area contributed by atoms with Crippen molar-refractivity contribution in [2.24, 2.45) is 0 Å². The summed E-state index contributed by atoms with van der Waals surface area (Å²) in [5.74, 6) is 0.250. The largest absolute Gasteiger partial charge is 0.445 e. The average Bonchev–Trinajstić information content (AvgIpc) is 3.11. The van der Waals surface area contributed by atoms with Gasteiger partial charge in [0.1, 0.15) is 16.9 Å². The highest BCUT2D eigenvalue weighted by atomic mass is 35.5. The molecule has 4 rings (SSSR count). The molecule has 0 aliphatic carbocycles. The fourth-order valence-corrected chi connectivity index (χ4v) is 3.77. The number of carbonyl (C=O) groups excluding carboxylic acids is 1. The Morgan fingerprint density at radius 2 is 1.89 bits per heavy atom. The van der Waals surface area contributed by atoms with Gasteiger partial charge in [0.15, 0.2) is 5.65 Å². The van der Waals surface area contributed by atoms with E-state index in [1.807, 2.05) is 36.4 Å². The Kier molecular flexibility index (Phi) is 5.18. The van der Waals surface area contributed by atoms with Crippen molar-refractivity contribution < 1.29 is 9.53 Å². The van der Waals surface area contributed by atoms with Gasteiger partial charge in [-0.1, -0.05) is 53.5 Å². The molecule has 0 N–H and O–H groups in total. The predicted octanol–water partition coefficient (Wildman–Crippen LogP) is 4.55. The topological polar surface area (TPSA) is 59.7 Å². The van der Waals surface area contributed by atoms with Gasteiger partial charge in [0.25, 0.3) is 0 Å². The van der Waals surface area contributed by atoms with Crippen LogP contribution < -0.4 is 0 Å². The smallest absolute Gasteiger partial charge is 0.410 e. The molecule has 3 heterocycles. The van der Waals surface area contributed by atoms with E-state index in [0.29, 0.717) is 29.0 Å². The minimum Gasteiger partial charge on any atom is -0.445 e. The molecule has 1 aromatic carbocycles. The maximum absolute atomic E-state index is 12.3. The van der Waals surface area contributed by atoms with Gasteiger partial charge in [-0.05, 0) is 18.4 Å². The number of fused-ring (bicyclic) bond motifs is 1. The molecule has 6 nitrogen and oxygen atoms in total. The molecule has 3 aromatic rings. The van der Waals surface area contributed by atoms with E-state index in [4.69, 9.17) is 27.9 Å². The van der Waals surface area contributed by atoms with Crippen molar-refractivity contribution in [2.45, 2.75) is 25.4 Å². The summed E-state index contributed by atoms with van der Waals surface area (Å²) in [6.45, 7) is 1.55. The monoisotopic (exact) mass is 404 g/mol. The molecule has 1 fully saturated rings. The number of halogens is 2. The molecule has 2 aromatic heterocycles. The summed E-state index contributed by atoms with van der Waals surface area (Å²) in [4.78, 5) is 18.3. The molecule has 1 aliphatic heterocycles. The first-order valence-electron chi connectivity index (χ1n) is 8.77. The fraction of sp³-hybridized carbons (Fsp3) is 0.316. The number of benzene rings is 1. The first kappa shape index (κ1) is 18.1. The standard InChI is InChI=1S/C19H18Cl2N4O2/c20-16-11-17(21)25-18(22-16)10-15(23-25)14-6-8-24(9-7-14)19(26)27-12-13-4-2-1-3-5-13/h1-5,10-11,14H,6-9,12H2. The van der Waals surface area contributed by atoms with Crippen molar-refractivity contribution in [3.05, 3.63) is 64.0 Å². The lowest BCUT2D eigenvalue weighted by atomic mass is 9.94. The highest BCUT2D eigenvalue weighted by Crippen LogP contribution is 2.29. The second-order valence-electron chi connectivity index (χ2n) is 6.54. The van der Waals surface area contributed by atoms with Crippen LogP contribution in [0.5, 0.6) is 0 Å². The van der Waals surface area contributed by atoms with Crippen LogP contribution in [0.25, 0.3) is 5.65 Å². The van der Waals surface area contributed by atoms with Gasteiger partial charge in [-0.3, -0.25) is 0 Å². The Balaban J connectivity index is 1.36. The molecular formula is C19H18Cl2N4O2. The molecule has 0 unspecified atom stereocenters. The Bertz CT molecular complexity index is 953. The van der Waals surface area contributed by atoms with Crippen LogP contribution in [0.3, 0.4) is 0 Å². The second kappa shape index (κ2) is 7.74. The van der Waals surface area contributed by atoms with Crippen molar-refractivity contribution >= 4 is 34.9 Å². The molecule has 27 heavy (non-hydrogen) atoms. The molecule has 8 heteroatoms. The summed E-state index contributed by atoms with van der Waals surface area (Å²) < 4.78 is 7.00. The van der Waals surface area contributed by atoms with Crippen molar-refractivity contribution in [3.63, 3.8) is 0 Å². The molecular weight excluding hydrogens is 387 g/mol. The molecule has 0 spiro atoms. The predicted molar refractivity (Wildman–Crippen MR) is 103 cm³/mol. The van der Waals surface area contributed by atoms with E-state index in [9.17, 15) is 4.79 Å². The molecule has 0 bridgehead atoms. The van der Waals surface area contributed by atoms with Crippen LogP contribution >= 0.6 is 23.2 Å². The van der Waals surface area contributed by atoms with Crippen molar-refractivity contribution in [2.75, 3.05) is 13.1 Å². The number of nitrogens with zero attached hydrogens (tertiary/aromatic N) is 4. The van der Waals surface area contributed by atoms with Gasteiger partial charge < -0.3 is 9.64 Å². The van der Waals surface area contributed by atoms with E-state index >= 15 is 0 Å². The fourth-order valence-electron chi connectivity index (χ4n) is 3.29. The molecule has 0 saturated carbocycles. The third-order valence-corrected chi connectivity index (χ3v) is 5.21. The number of ether oxygens (including phenoxy) is 1. The summed E-state index contributed by atoms with van der Waals surface area (Å²) in [5.41, 5.74) is 2.53. The normalized spacial score (nSPS) is 15.3. The van der Waals surface area contributed by atoms with Crippen LogP contribution in [0, 0.1) is 0 Å². The molecule has 1 amide bonds. The van der Waals surface area contributed by atoms with E-state index < -0.39 is 0 Å². The number of amides is 1. The summed E-state index contributed by atoms with van der Waals surface area (Å²) in [7, 11) is 0. The third kappa shape index (κ3) is 4.01. The third-order valence-electron chi connectivity index (χ3n) is 4.75. The van der Waals surface area contributed by atoms with E-state index in [1.54, 1.807) is 15.5 Å². The first-order valence-corrected chi connectivity index (χ1v) is 9.53. The molecule has 1 aliphatic rings. The summed E-state index contributed by atoms with van der Waals surface area (Å²) in [6, 6.07) is 13.1. The van der Waals surface area contributed by atoms with Crippen LogP contribution in [0.4, 0.5) is 4.79 Å². The van der Waals surface area contributed by atoms with Crippen molar-refractivity contribution in [3.8, 4) is 0 Å². The molecule has 1 saturated heterocycles. The quantitative estimate of drug-likeness (QED) is 0.600. The average molecular weight is 405 g/mol. The number of piperidine rings is 1. The van der Waals surface area contributed by atoms with Gasteiger partial charge in [-0.15, -0.1) is 0 Å². The number of hydrogen-bond acceptors (Lipinski definition) is 4. The highest BCUT2D eigenvalue weighted by molar-refractivity contribution is 6.33. The summed E-state index contributed by atoms with van der Waals surface area (Å²) in [6.07, 6.45) is 1.36. The number of carbonyl (C=O) groups is 1. The maximum atomic E-state index is 12.3. The van der Waals surface area contributed by atoms with E-state index in [2.05, 4.69) is 10.1 Å². The molecule has 140 valence electrons. The maximum Gasteiger partial charge on any atom is 0.410 e. The van der Waals surface area contributed by atoms with E-state index in [0.717, 1.165) is 24.1 Å². The minimum absolute atomic E-state index is 0.250. The van der Waals surface area contributed by atoms with Gasteiger partial charge in [-0.25, -0.2) is 14.3 Å². The Hall–Kier alpha value is -2.31. The zero-order valence-electron chi connectivity index (χ0n) is 14.5. The number of rotatable bonds is 3. The number of likely N-dealkylation sites (tertiary alicyclic amines) is 1. The molecule has 0 atom stereocenters. The summed E-state index contributed by atoms with van der Waals surface area (Å²) >= 11 is 12.1. The zero-order chi connectivity index (χ0) is 18.8. The van der Waals surface area contributed by atoms with Crippen LogP contribution in [0.2, 0.25) is 10.3 Å². The lowest BCUT2D eigenvalue weighted by Gasteiger charge is -2.30. The Labute approximate surface area is 166 Å². The van der Waals surface area contributed by atoms with Gasteiger partial charge in [0.05, 0.1) is 5.69 Å². The van der Waals surface area contributed by atoms with Crippen LogP contribution in [0.15, 0.2) is 42.5 Å². The minimum atomic E-state index is -0.274. The lowest BCUT2D eigenvalue weighted by Crippen LogP contribution is -2.38. The lowest BCUT2D eigenvalue weighted by molar-refractivity contribution is 0.0868. The number of aromatic nitrogens is 3. The van der Waals surface area contributed by atoms with Crippen molar-refractivity contribution in [1.29, 1.82) is 0 Å². The van der Waals surface area contributed by atoms with E-state index in [1.165, 1.54) is 0 Å². The second-order valence-corrected chi connectivity index (χ2v) is 7.32. The van der Waals surface area contributed by atoms with Gasteiger partial charge in [0, 0.05) is 31.1 Å². The summed E-state index contributed by atoms with van der Waals surface area (Å²) in [5, 5.41) is 5.32. The van der Waals surface area contributed by atoms with E-state index in [-0.39, 0.29) is 18.6 Å². The van der Waals surface area contributed by atoms with Crippen LogP contribution in [-0.2, 0) is 11.3 Å². The molecule has 0 radical (unpaired) electrons. The van der Waals surface area contributed by atoms with Gasteiger partial charge >= 0.3 is 6.09 Å². The Morgan fingerprint density at radius 1 is 1.15 bits per heavy atom.